The topological polar surface area (TPSA) is 29.9 Å². The van der Waals surface area contributed by atoms with Crippen LogP contribution in [0.2, 0.25) is 0 Å². The molecule has 1 aromatic heterocycles. The first-order chi connectivity index (χ1) is 8.33. The van der Waals surface area contributed by atoms with Gasteiger partial charge in [-0.3, -0.25) is 0 Å². The van der Waals surface area contributed by atoms with Crippen molar-refractivity contribution in [1.82, 2.24) is 14.9 Å². The Labute approximate surface area is 103 Å². The lowest BCUT2D eigenvalue weighted by molar-refractivity contribution is 0.197. The molecule has 1 spiro atoms. The van der Waals surface area contributed by atoms with E-state index in [4.69, 9.17) is 4.98 Å². The Morgan fingerprint density at radius 2 is 2.24 bits per heavy atom. The van der Waals surface area contributed by atoms with Crippen LogP contribution in [0.25, 0.3) is 0 Å². The van der Waals surface area contributed by atoms with Gasteiger partial charge in [0.25, 0.3) is 0 Å². The van der Waals surface area contributed by atoms with E-state index in [1.807, 2.05) is 0 Å². The van der Waals surface area contributed by atoms with Crippen LogP contribution in [0.3, 0.4) is 0 Å². The lowest BCUT2D eigenvalue weighted by Gasteiger charge is -2.36. The van der Waals surface area contributed by atoms with Crippen LogP contribution in [-0.2, 0) is 19.5 Å². The molecule has 3 heteroatoms. The maximum absolute atomic E-state index is 4.73. The van der Waals surface area contributed by atoms with E-state index >= 15 is 0 Å². The number of fused-ring (bicyclic) bond motifs is 1. The van der Waals surface area contributed by atoms with Crippen LogP contribution in [-0.4, -0.2) is 15.6 Å². The predicted octanol–water partition coefficient (Wildman–Crippen LogP) is 2.25. The molecule has 0 radical (unpaired) electrons. The molecule has 0 bridgehead atoms. The predicted molar refractivity (Wildman–Crippen MR) is 66.7 cm³/mol. The van der Waals surface area contributed by atoms with Crippen LogP contribution >= 0.6 is 0 Å². The van der Waals surface area contributed by atoms with Gasteiger partial charge in [0.1, 0.15) is 5.82 Å². The molecule has 92 valence electrons. The normalized spacial score (nSPS) is 25.6. The number of nitrogens with zero attached hydrogens (tertiary/aromatic N) is 2. The van der Waals surface area contributed by atoms with E-state index in [1.165, 1.54) is 63.0 Å². The zero-order chi connectivity index (χ0) is 11.3. The summed E-state index contributed by atoms with van der Waals surface area (Å²) in [4.78, 5) is 4.73. The quantitative estimate of drug-likeness (QED) is 0.864. The van der Waals surface area contributed by atoms with Crippen molar-refractivity contribution in [3.05, 3.63) is 17.7 Å². The zero-order valence-electron chi connectivity index (χ0n) is 10.4. The summed E-state index contributed by atoms with van der Waals surface area (Å²) in [5.41, 5.74) is 2.06. The van der Waals surface area contributed by atoms with Crippen LogP contribution in [0.5, 0.6) is 0 Å². The molecule has 0 unspecified atom stereocenters. The monoisotopic (exact) mass is 231 g/mol. The molecule has 0 saturated heterocycles. The number of aryl methyl sites for hydroxylation is 2. The number of imidazole rings is 1. The summed E-state index contributed by atoms with van der Waals surface area (Å²) in [6.07, 6.45) is 11.9. The molecule has 2 aliphatic carbocycles. The number of hydrogen-bond acceptors (Lipinski definition) is 2. The lowest BCUT2D eigenvalue weighted by Crippen LogP contribution is -2.41. The third-order valence-electron chi connectivity index (χ3n) is 4.85. The molecule has 0 aromatic carbocycles. The van der Waals surface area contributed by atoms with Gasteiger partial charge in [-0.15, -0.1) is 0 Å². The molecule has 1 aliphatic heterocycles. The second kappa shape index (κ2) is 3.58. The molecule has 0 atom stereocenters. The average Bonchev–Trinajstić information content (AvgIpc) is 2.98. The van der Waals surface area contributed by atoms with E-state index in [2.05, 4.69) is 16.1 Å². The Morgan fingerprint density at radius 1 is 1.35 bits per heavy atom. The van der Waals surface area contributed by atoms with Gasteiger partial charge in [-0.2, -0.15) is 0 Å². The zero-order valence-corrected chi connectivity index (χ0v) is 10.4. The fourth-order valence-corrected chi connectivity index (χ4v) is 3.52. The smallest absolute Gasteiger partial charge is 0.109 e. The number of nitrogens with one attached hydrogen (secondary N) is 1. The van der Waals surface area contributed by atoms with Crippen molar-refractivity contribution in [2.24, 2.45) is 5.41 Å². The van der Waals surface area contributed by atoms with Crippen molar-refractivity contribution < 1.29 is 0 Å². The van der Waals surface area contributed by atoms with Gasteiger partial charge in [0.15, 0.2) is 0 Å². The standard InChI is InChI=1S/C14H21N3/c1-2-6-17-10-12(16-13(17)3-1)9-15-11-7-14(8-11)4-5-14/h10-11,15H,1-9H2. The molecule has 1 N–H and O–H groups in total. The minimum absolute atomic E-state index is 0.774. The summed E-state index contributed by atoms with van der Waals surface area (Å²) in [5, 5.41) is 3.66. The summed E-state index contributed by atoms with van der Waals surface area (Å²) >= 11 is 0. The lowest BCUT2D eigenvalue weighted by atomic mass is 9.77. The molecule has 0 amide bonds. The van der Waals surface area contributed by atoms with Crippen LogP contribution < -0.4 is 5.32 Å². The Morgan fingerprint density at radius 3 is 3.00 bits per heavy atom. The Kier molecular flexibility index (Phi) is 2.13. The summed E-state index contributed by atoms with van der Waals surface area (Å²) in [7, 11) is 0. The summed E-state index contributed by atoms with van der Waals surface area (Å²) in [6.45, 7) is 2.15. The molecular formula is C14H21N3. The fraction of sp³-hybridized carbons (Fsp3) is 0.786. The molecule has 2 fully saturated rings. The SMILES string of the molecule is c1c(CNC2CC3(CC3)C2)nc2n1CCCC2. The maximum Gasteiger partial charge on any atom is 0.109 e. The van der Waals surface area contributed by atoms with E-state index < -0.39 is 0 Å². The average molecular weight is 231 g/mol. The van der Waals surface area contributed by atoms with E-state index in [1.54, 1.807) is 0 Å². The van der Waals surface area contributed by atoms with Crippen molar-refractivity contribution in [3.8, 4) is 0 Å². The number of rotatable bonds is 3. The summed E-state index contributed by atoms with van der Waals surface area (Å²) in [5.74, 6) is 1.31. The summed E-state index contributed by atoms with van der Waals surface area (Å²) in [6, 6.07) is 0.774. The van der Waals surface area contributed by atoms with E-state index in [0.29, 0.717) is 0 Å². The van der Waals surface area contributed by atoms with Crippen molar-refractivity contribution in [2.75, 3.05) is 0 Å². The van der Waals surface area contributed by atoms with Crippen LogP contribution in [0.1, 0.15) is 50.0 Å². The van der Waals surface area contributed by atoms with Gasteiger partial charge < -0.3 is 9.88 Å². The highest BCUT2D eigenvalue weighted by Gasteiger charge is 2.52. The Balaban J connectivity index is 1.34. The number of aromatic nitrogens is 2. The van der Waals surface area contributed by atoms with E-state index in [-0.39, 0.29) is 0 Å². The van der Waals surface area contributed by atoms with Crippen molar-refractivity contribution in [3.63, 3.8) is 0 Å². The number of hydrogen-bond donors (Lipinski definition) is 1. The Bertz CT molecular complexity index is 399. The highest BCUT2D eigenvalue weighted by molar-refractivity contribution is 5.09. The first-order valence-corrected chi connectivity index (χ1v) is 7.11. The molecule has 4 rings (SSSR count). The third-order valence-corrected chi connectivity index (χ3v) is 4.85. The Hall–Kier alpha value is -0.830. The molecule has 3 aliphatic rings. The van der Waals surface area contributed by atoms with Gasteiger partial charge in [-0.1, -0.05) is 0 Å². The summed E-state index contributed by atoms with van der Waals surface area (Å²) < 4.78 is 2.35. The van der Waals surface area contributed by atoms with Crippen LogP contribution in [0, 0.1) is 5.41 Å². The van der Waals surface area contributed by atoms with Gasteiger partial charge in [-0.05, 0) is 43.9 Å². The molecule has 2 saturated carbocycles. The highest BCUT2D eigenvalue weighted by atomic mass is 15.1. The van der Waals surface area contributed by atoms with Crippen LogP contribution in [0.15, 0.2) is 6.20 Å². The van der Waals surface area contributed by atoms with E-state index in [0.717, 1.165) is 18.0 Å². The van der Waals surface area contributed by atoms with Gasteiger partial charge in [0, 0.05) is 31.7 Å². The first-order valence-electron chi connectivity index (χ1n) is 7.11. The van der Waals surface area contributed by atoms with Crippen molar-refractivity contribution in [1.29, 1.82) is 0 Å². The maximum atomic E-state index is 4.73. The van der Waals surface area contributed by atoms with E-state index in [9.17, 15) is 0 Å². The minimum atomic E-state index is 0.774. The van der Waals surface area contributed by atoms with Gasteiger partial charge in [-0.25, -0.2) is 4.98 Å². The second-order valence-corrected chi connectivity index (χ2v) is 6.29. The van der Waals surface area contributed by atoms with Crippen molar-refractivity contribution in [2.45, 2.75) is 64.1 Å². The first kappa shape index (κ1) is 10.1. The second-order valence-electron chi connectivity index (χ2n) is 6.29. The molecule has 3 nitrogen and oxygen atoms in total. The minimum Gasteiger partial charge on any atom is -0.335 e. The van der Waals surface area contributed by atoms with Gasteiger partial charge in [0.2, 0.25) is 0 Å². The molecule has 2 heterocycles. The van der Waals surface area contributed by atoms with Gasteiger partial charge >= 0.3 is 0 Å². The third kappa shape index (κ3) is 1.81. The van der Waals surface area contributed by atoms with Crippen molar-refractivity contribution >= 4 is 0 Å². The highest BCUT2D eigenvalue weighted by Crippen LogP contribution is 2.60. The largest absolute Gasteiger partial charge is 0.335 e. The van der Waals surface area contributed by atoms with Crippen LogP contribution in [0.4, 0.5) is 0 Å². The molecular weight excluding hydrogens is 210 g/mol. The van der Waals surface area contributed by atoms with Gasteiger partial charge in [0.05, 0.1) is 5.69 Å². The molecule has 1 aromatic rings. The molecule has 17 heavy (non-hydrogen) atoms. The fourth-order valence-electron chi connectivity index (χ4n) is 3.52.